The highest BCUT2D eigenvalue weighted by Gasteiger charge is 2.25. The number of ether oxygens (including phenoxy) is 1. The molecular weight excluding hydrogens is 294 g/mol. The molecule has 0 saturated heterocycles. The first-order chi connectivity index (χ1) is 10.4. The van der Waals surface area contributed by atoms with E-state index in [0.717, 1.165) is 22.6 Å². The van der Waals surface area contributed by atoms with Gasteiger partial charge in [0, 0.05) is 5.56 Å². The van der Waals surface area contributed by atoms with Crippen molar-refractivity contribution in [1.82, 2.24) is 0 Å². The average molecular weight is 315 g/mol. The second-order valence-electron chi connectivity index (χ2n) is 6.04. The summed E-state index contributed by atoms with van der Waals surface area (Å²) in [5, 5.41) is 0. The van der Waals surface area contributed by atoms with Crippen molar-refractivity contribution in [2.24, 2.45) is 4.40 Å². The molecule has 0 aliphatic heterocycles. The number of hydrogen-bond acceptors (Lipinski definition) is 3. The Labute approximate surface area is 135 Å². The number of nitrogens with zero attached hydrogens (tertiary/aromatic N) is 1. The van der Waals surface area contributed by atoms with E-state index in [0.29, 0.717) is 0 Å². The first kappa shape index (κ1) is 16.6. The summed E-state index contributed by atoms with van der Waals surface area (Å²) in [5.41, 5.74) is 1.94. The maximum absolute atomic E-state index is 11.9. The third kappa shape index (κ3) is 4.61. The standard InChI is InChI=1S/C18H21NO2S/c1-14-8-5-6-11-17(14)21-16-10-7-9-15(12-16)13-19-22(20)18(2,3)4/h5-13H,1-4H3. The Morgan fingerprint density at radius 1 is 1.09 bits per heavy atom. The van der Waals surface area contributed by atoms with Crippen molar-refractivity contribution in [1.29, 1.82) is 0 Å². The monoisotopic (exact) mass is 315 g/mol. The van der Waals surface area contributed by atoms with E-state index in [-0.39, 0.29) is 4.75 Å². The number of hydrogen-bond donors (Lipinski definition) is 0. The SMILES string of the molecule is Cc1ccccc1Oc1cccc(C=N[S+]([O-])C(C)(C)C)c1. The first-order valence-electron chi connectivity index (χ1n) is 7.16. The van der Waals surface area contributed by atoms with Crippen LogP contribution in [0.1, 0.15) is 31.9 Å². The summed E-state index contributed by atoms with van der Waals surface area (Å²) in [7, 11) is 0. The Morgan fingerprint density at radius 2 is 1.82 bits per heavy atom. The summed E-state index contributed by atoms with van der Waals surface area (Å²) in [4.78, 5) is 0. The van der Waals surface area contributed by atoms with Crippen molar-refractivity contribution in [3.05, 3.63) is 59.7 Å². The molecule has 0 radical (unpaired) electrons. The first-order valence-corrected chi connectivity index (χ1v) is 8.26. The highest BCUT2D eigenvalue weighted by molar-refractivity contribution is 7.91. The zero-order valence-corrected chi connectivity index (χ0v) is 14.2. The van der Waals surface area contributed by atoms with Gasteiger partial charge in [0.25, 0.3) is 0 Å². The van der Waals surface area contributed by atoms with Gasteiger partial charge in [0.1, 0.15) is 27.6 Å². The molecule has 0 aliphatic carbocycles. The third-order valence-electron chi connectivity index (χ3n) is 3.00. The highest BCUT2D eigenvalue weighted by atomic mass is 32.2. The topological polar surface area (TPSA) is 44.6 Å². The fourth-order valence-corrected chi connectivity index (χ4v) is 2.26. The van der Waals surface area contributed by atoms with Crippen molar-refractivity contribution < 1.29 is 9.29 Å². The van der Waals surface area contributed by atoms with Gasteiger partial charge in [-0.3, -0.25) is 0 Å². The maximum Gasteiger partial charge on any atom is 0.144 e. The summed E-state index contributed by atoms with van der Waals surface area (Å²) in [6.07, 6.45) is 1.63. The van der Waals surface area contributed by atoms with Crippen molar-refractivity contribution in [3.63, 3.8) is 0 Å². The van der Waals surface area contributed by atoms with E-state index in [1.165, 1.54) is 0 Å². The lowest BCUT2D eigenvalue weighted by Crippen LogP contribution is -2.25. The van der Waals surface area contributed by atoms with E-state index in [1.807, 2.05) is 76.2 Å². The Hall–Kier alpha value is -1.78. The molecule has 0 spiro atoms. The molecule has 0 bridgehead atoms. The van der Waals surface area contributed by atoms with Gasteiger partial charge in [-0.15, -0.1) is 0 Å². The molecule has 0 fully saturated rings. The number of aryl methyl sites for hydroxylation is 1. The predicted molar refractivity (Wildman–Crippen MR) is 93.2 cm³/mol. The lowest BCUT2D eigenvalue weighted by atomic mass is 10.2. The van der Waals surface area contributed by atoms with E-state index >= 15 is 0 Å². The molecule has 2 aromatic carbocycles. The molecule has 2 aromatic rings. The van der Waals surface area contributed by atoms with E-state index in [2.05, 4.69) is 4.40 Å². The zero-order valence-electron chi connectivity index (χ0n) is 13.4. The van der Waals surface area contributed by atoms with Gasteiger partial charge in [0.2, 0.25) is 0 Å². The van der Waals surface area contributed by atoms with Crippen LogP contribution < -0.4 is 4.74 Å². The minimum atomic E-state index is -1.26. The quantitative estimate of drug-likeness (QED) is 0.608. The molecule has 0 aromatic heterocycles. The van der Waals surface area contributed by atoms with Crippen LogP contribution in [0.25, 0.3) is 0 Å². The van der Waals surface area contributed by atoms with Gasteiger partial charge in [-0.1, -0.05) is 34.7 Å². The predicted octanol–water partition coefficient (Wildman–Crippen LogP) is 4.67. The lowest BCUT2D eigenvalue weighted by molar-refractivity contribution is 0.479. The summed E-state index contributed by atoms with van der Waals surface area (Å²) in [5.74, 6) is 1.56. The second kappa shape index (κ2) is 6.99. The Bertz CT molecular complexity index is 662. The molecule has 0 N–H and O–H groups in total. The van der Waals surface area contributed by atoms with Gasteiger partial charge >= 0.3 is 0 Å². The number of rotatable bonds is 4. The van der Waals surface area contributed by atoms with Gasteiger partial charge in [-0.25, -0.2) is 0 Å². The maximum atomic E-state index is 11.9. The van der Waals surface area contributed by atoms with E-state index in [1.54, 1.807) is 6.21 Å². The molecule has 0 aliphatic rings. The van der Waals surface area contributed by atoms with Crippen molar-refractivity contribution in [2.45, 2.75) is 32.4 Å². The van der Waals surface area contributed by atoms with Gasteiger partial charge in [0.05, 0.1) is 6.21 Å². The fourth-order valence-electron chi connectivity index (χ4n) is 1.72. The van der Waals surface area contributed by atoms with Crippen LogP contribution in [0.5, 0.6) is 11.5 Å². The Balaban J connectivity index is 2.14. The summed E-state index contributed by atoms with van der Waals surface area (Å²) >= 11 is -1.26. The number of para-hydroxylation sites is 1. The zero-order chi connectivity index (χ0) is 16.2. The van der Waals surface area contributed by atoms with E-state index in [9.17, 15) is 4.55 Å². The third-order valence-corrected chi connectivity index (χ3v) is 4.35. The van der Waals surface area contributed by atoms with Gasteiger partial charge in [-0.2, -0.15) is 0 Å². The molecule has 4 heteroatoms. The molecule has 2 rings (SSSR count). The fraction of sp³-hybridized carbons (Fsp3) is 0.278. The summed E-state index contributed by atoms with van der Waals surface area (Å²) in [6.45, 7) is 7.71. The Morgan fingerprint density at radius 3 is 2.50 bits per heavy atom. The van der Waals surface area contributed by atoms with Gasteiger partial charge < -0.3 is 9.29 Å². The molecule has 0 saturated carbocycles. The second-order valence-corrected chi connectivity index (χ2v) is 7.97. The van der Waals surface area contributed by atoms with Crippen LogP contribution >= 0.6 is 0 Å². The van der Waals surface area contributed by atoms with E-state index in [4.69, 9.17) is 4.74 Å². The average Bonchev–Trinajstić information content (AvgIpc) is 2.46. The smallest absolute Gasteiger partial charge is 0.144 e. The van der Waals surface area contributed by atoms with Crippen LogP contribution in [-0.2, 0) is 11.4 Å². The molecule has 0 heterocycles. The molecular formula is C18H21NO2S. The van der Waals surface area contributed by atoms with Crippen LogP contribution in [0.15, 0.2) is 52.9 Å². The van der Waals surface area contributed by atoms with Crippen molar-refractivity contribution in [2.75, 3.05) is 0 Å². The number of benzene rings is 2. The minimum absolute atomic E-state index is 0.355. The normalized spacial score (nSPS) is 13.3. The molecule has 116 valence electrons. The van der Waals surface area contributed by atoms with Crippen LogP contribution in [0.2, 0.25) is 0 Å². The van der Waals surface area contributed by atoms with Crippen LogP contribution in [-0.4, -0.2) is 15.5 Å². The molecule has 3 nitrogen and oxygen atoms in total. The molecule has 1 atom stereocenters. The van der Waals surface area contributed by atoms with Crippen LogP contribution in [0.3, 0.4) is 0 Å². The van der Waals surface area contributed by atoms with Gasteiger partial charge in [0.15, 0.2) is 0 Å². The molecule has 1 unspecified atom stereocenters. The summed E-state index contributed by atoms with van der Waals surface area (Å²) < 4.78 is 21.6. The largest absolute Gasteiger partial charge is 0.591 e. The van der Waals surface area contributed by atoms with Crippen molar-refractivity contribution in [3.8, 4) is 11.5 Å². The van der Waals surface area contributed by atoms with Gasteiger partial charge in [-0.05, 0) is 51.5 Å². The lowest BCUT2D eigenvalue weighted by Gasteiger charge is -2.17. The molecule has 0 amide bonds. The van der Waals surface area contributed by atoms with Crippen LogP contribution in [0, 0.1) is 6.92 Å². The van der Waals surface area contributed by atoms with E-state index < -0.39 is 11.4 Å². The van der Waals surface area contributed by atoms with Crippen molar-refractivity contribution >= 4 is 17.6 Å². The molecule has 22 heavy (non-hydrogen) atoms. The minimum Gasteiger partial charge on any atom is -0.591 e. The Kier molecular flexibility index (Phi) is 5.27. The van der Waals surface area contributed by atoms with Crippen LogP contribution in [0.4, 0.5) is 0 Å². The summed E-state index contributed by atoms with van der Waals surface area (Å²) in [6, 6.07) is 15.5. The highest BCUT2D eigenvalue weighted by Crippen LogP contribution is 2.25.